The molecule has 1 aromatic carbocycles. The van der Waals surface area contributed by atoms with E-state index in [-0.39, 0.29) is 16.3 Å². The number of nitro benzene ring substituents is 1. The number of nitrogens with two attached hydrogens (primary N) is 1. The van der Waals surface area contributed by atoms with E-state index in [1.807, 2.05) is 13.8 Å². The molecule has 0 aliphatic heterocycles. The Labute approximate surface area is 112 Å². The number of hydrogen-bond donors (Lipinski definition) is 2. The molecule has 0 unspecified atom stereocenters. The van der Waals surface area contributed by atoms with Gasteiger partial charge in [-0.05, 0) is 18.4 Å². The topological polar surface area (TPSA) is 115 Å². The summed E-state index contributed by atoms with van der Waals surface area (Å²) in [7, 11) is -4.01. The number of sulfonamides is 1. The molecule has 0 radical (unpaired) electrons. The Bertz CT molecular complexity index is 569. The van der Waals surface area contributed by atoms with Crippen molar-refractivity contribution >= 4 is 21.4 Å². The summed E-state index contributed by atoms with van der Waals surface area (Å²) < 4.78 is 22.9. The predicted octanol–water partition coefficient (Wildman–Crippen LogP) is 1.70. The summed E-state index contributed by atoms with van der Waals surface area (Å²) in [6, 6.07) is 3.57. The Balaban J connectivity index is 3.07. The van der Waals surface area contributed by atoms with Crippen molar-refractivity contribution in [2.24, 2.45) is 11.1 Å². The van der Waals surface area contributed by atoms with E-state index in [0.717, 1.165) is 12.5 Å². The molecule has 0 saturated carbocycles. The lowest BCUT2D eigenvalue weighted by molar-refractivity contribution is -0.385. The van der Waals surface area contributed by atoms with Gasteiger partial charge in [0.1, 0.15) is 4.90 Å². The van der Waals surface area contributed by atoms with Gasteiger partial charge in [-0.2, -0.15) is 0 Å². The molecule has 0 bridgehead atoms. The zero-order chi connectivity index (χ0) is 14.6. The Hall–Kier alpha value is -1.67. The predicted molar refractivity (Wildman–Crippen MR) is 72.4 cm³/mol. The first-order chi connectivity index (χ1) is 8.71. The molecule has 0 aliphatic carbocycles. The molecule has 0 saturated heterocycles. The molecule has 106 valence electrons. The largest absolute Gasteiger partial charge is 0.384 e. The van der Waals surface area contributed by atoms with Crippen molar-refractivity contribution < 1.29 is 13.3 Å². The number of hydrogen-bond acceptors (Lipinski definition) is 5. The van der Waals surface area contributed by atoms with Gasteiger partial charge in [0.05, 0.1) is 10.6 Å². The average Bonchev–Trinajstić information content (AvgIpc) is 2.27. The number of non-ortho nitro benzene ring substituents is 1. The molecule has 0 amide bonds. The molecule has 1 rings (SSSR count). The van der Waals surface area contributed by atoms with Crippen molar-refractivity contribution in [1.29, 1.82) is 0 Å². The Morgan fingerprint density at radius 3 is 2.53 bits per heavy atom. The second kappa shape index (κ2) is 5.98. The lowest BCUT2D eigenvalue weighted by atomic mass is 10.1. The van der Waals surface area contributed by atoms with Crippen LogP contribution in [0, 0.1) is 16.0 Å². The smallest absolute Gasteiger partial charge is 0.270 e. The van der Waals surface area contributed by atoms with Crippen LogP contribution >= 0.6 is 0 Å². The van der Waals surface area contributed by atoms with Crippen LogP contribution in [0.4, 0.5) is 11.4 Å². The SMILES string of the molecule is CC(C)CCNc1ccc([N+](=O)[O-])cc1S(N)(=O)=O. The lowest BCUT2D eigenvalue weighted by Gasteiger charge is -2.11. The zero-order valence-corrected chi connectivity index (χ0v) is 11.6. The van der Waals surface area contributed by atoms with Gasteiger partial charge in [-0.15, -0.1) is 0 Å². The molecule has 0 heterocycles. The summed E-state index contributed by atoms with van der Waals surface area (Å²) in [4.78, 5) is 9.73. The van der Waals surface area contributed by atoms with Crippen LogP contribution in [0.25, 0.3) is 0 Å². The van der Waals surface area contributed by atoms with Crippen molar-refractivity contribution in [3.05, 3.63) is 28.3 Å². The molecular formula is C11H17N3O4S. The van der Waals surface area contributed by atoms with E-state index in [4.69, 9.17) is 5.14 Å². The fourth-order valence-electron chi connectivity index (χ4n) is 1.50. The number of rotatable bonds is 6. The highest BCUT2D eigenvalue weighted by Crippen LogP contribution is 2.25. The van der Waals surface area contributed by atoms with E-state index >= 15 is 0 Å². The Morgan fingerprint density at radius 1 is 1.42 bits per heavy atom. The lowest BCUT2D eigenvalue weighted by Crippen LogP contribution is -2.16. The standard InChI is InChI=1S/C11H17N3O4S/c1-8(2)5-6-13-10-4-3-9(14(15)16)7-11(10)19(12,17)18/h3-4,7-8,13H,5-6H2,1-2H3,(H2,12,17,18). The van der Waals surface area contributed by atoms with Crippen LogP contribution in [0.1, 0.15) is 20.3 Å². The van der Waals surface area contributed by atoms with Crippen LogP contribution in [0.3, 0.4) is 0 Å². The first kappa shape index (κ1) is 15.4. The van der Waals surface area contributed by atoms with Crippen LogP contribution in [0.15, 0.2) is 23.1 Å². The summed E-state index contributed by atoms with van der Waals surface area (Å²) in [5.41, 5.74) is -0.0211. The first-order valence-corrected chi connectivity index (χ1v) is 7.31. The second-order valence-corrected chi connectivity index (χ2v) is 6.12. The van der Waals surface area contributed by atoms with Crippen molar-refractivity contribution in [3.8, 4) is 0 Å². The number of primary sulfonamides is 1. The summed E-state index contributed by atoms with van der Waals surface area (Å²) in [5, 5.41) is 18.6. The van der Waals surface area contributed by atoms with Gasteiger partial charge in [0.25, 0.3) is 5.69 Å². The van der Waals surface area contributed by atoms with E-state index in [1.165, 1.54) is 12.1 Å². The van der Waals surface area contributed by atoms with Gasteiger partial charge in [0.2, 0.25) is 10.0 Å². The molecule has 8 heteroatoms. The Kier molecular flexibility index (Phi) is 4.84. The number of nitro groups is 1. The fourth-order valence-corrected chi connectivity index (χ4v) is 2.23. The minimum Gasteiger partial charge on any atom is -0.384 e. The van der Waals surface area contributed by atoms with Crippen LogP contribution in [-0.2, 0) is 10.0 Å². The van der Waals surface area contributed by atoms with E-state index in [2.05, 4.69) is 5.32 Å². The molecule has 7 nitrogen and oxygen atoms in total. The van der Waals surface area contributed by atoms with Crippen LogP contribution < -0.4 is 10.5 Å². The quantitative estimate of drug-likeness (QED) is 0.610. The number of benzene rings is 1. The molecule has 0 aliphatic rings. The summed E-state index contributed by atoms with van der Waals surface area (Å²) in [6.45, 7) is 4.65. The molecule has 19 heavy (non-hydrogen) atoms. The van der Waals surface area contributed by atoms with Gasteiger partial charge in [-0.3, -0.25) is 10.1 Å². The van der Waals surface area contributed by atoms with Crippen molar-refractivity contribution in [2.75, 3.05) is 11.9 Å². The molecule has 0 spiro atoms. The van der Waals surface area contributed by atoms with Gasteiger partial charge in [-0.1, -0.05) is 13.8 Å². The third-order valence-electron chi connectivity index (χ3n) is 2.52. The Morgan fingerprint density at radius 2 is 2.05 bits per heavy atom. The van der Waals surface area contributed by atoms with E-state index in [0.29, 0.717) is 12.5 Å². The van der Waals surface area contributed by atoms with Gasteiger partial charge in [0.15, 0.2) is 0 Å². The molecule has 0 atom stereocenters. The van der Waals surface area contributed by atoms with E-state index < -0.39 is 14.9 Å². The average molecular weight is 287 g/mol. The molecule has 1 aromatic rings. The summed E-state index contributed by atoms with van der Waals surface area (Å²) in [6.07, 6.45) is 0.848. The maximum absolute atomic E-state index is 11.4. The number of nitrogens with one attached hydrogen (secondary N) is 1. The molecule has 3 N–H and O–H groups in total. The third-order valence-corrected chi connectivity index (χ3v) is 3.47. The third kappa shape index (κ3) is 4.49. The normalized spacial score (nSPS) is 11.6. The fraction of sp³-hybridized carbons (Fsp3) is 0.455. The minimum absolute atomic E-state index is 0.259. The highest BCUT2D eigenvalue weighted by atomic mass is 32.2. The van der Waals surface area contributed by atoms with Gasteiger partial charge in [0, 0.05) is 18.7 Å². The number of nitrogens with zero attached hydrogens (tertiary/aromatic N) is 1. The summed E-state index contributed by atoms with van der Waals surface area (Å²) >= 11 is 0. The molecule has 0 aromatic heterocycles. The van der Waals surface area contributed by atoms with Gasteiger partial charge in [-0.25, -0.2) is 13.6 Å². The molecular weight excluding hydrogens is 270 g/mol. The van der Waals surface area contributed by atoms with E-state index in [1.54, 1.807) is 0 Å². The van der Waals surface area contributed by atoms with Crippen LogP contribution in [0.2, 0.25) is 0 Å². The highest BCUT2D eigenvalue weighted by Gasteiger charge is 2.18. The molecule has 0 fully saturated rings. The maximum Gasteiger partial charge on any atom is 0.270 e. The summed E-state index contributed by atoms with van der Waals surface area (Å²) in [5.74, 6) is 0.462. The van der Waals surface area contributed by atoms with Crippen LogP contribution in [-0.4, -0.2) is 19.9 Å². The monoisotopic (exact) mass is 287 g/mol. The second-order valence-electron chi connectivity index (χ2n) is 4.59. The first-order valence-electron chi connectivity index (χ1n) is 5.77. The van der Waals surface area contributed by atoms with E-state index in [9.17, 15) is 18.5 Å². The van der Waals surface area contributed by atoms with Gasteiger partial charge >= 0.3 is 0 Å². The number of anilines is 1. The van der Waals surface area contributed by atoms with Crippen molar-refractivity contribution in [1.82, 2.24) is 0 Å². The highest BCUT2D eigenvalue weighted by molar-refractivity contribution is 7.89. The zero-order valence-electron chi connectivity index (χ0n) is 10.8. The van der Waals surface area contributed by atoms with Crippen molar-refractivity contribution in [2.45, 2.75) is 25.2 Å². The van der Waals surface area contributed by atoms with Gasteiger partial charge < -0.3 is 5.32 Å². The minimum atomic E-state index is -4.01. The maximum atomic E-state index is 11.4. The van der Waals surface area contributed by atoms with Crippen LogP contribution in [0.5, 0.6) is 0 Å². The van der Waals surface area contributed by atoms with Crippen molar-refractivity contribution in [3.63, 3.8) is 0 Å².